The second-order valence-corrected chi connectivity index (χ2v) is 6.00. The molecule has 0 aromatic carbocycles. The number of nitrogens with zero attached hydrogens (tertiary/aromatic N) is 4. The molecule has 1 aliphatic carbocycles. The van der Waals surface area contributed by atoms with Gasteiger partial charge in [0, 0.05) is 5.75 Å². The molecule has 3 rings (SSSR count). The van der Waals surface area contributed by atoms with Gasteiger partial charge in [-0.25, -0.2) is 4.68 Å². The summed E-state index contributed by atoms with van der Waals surface area (Å²) < 4.78 is 2.06. The maximum Gasteiger partial charge on any atom is 0.209 e. The van der Waals surface area contributed by atoms with Gasteiger partial charge in [-0.2, -0.15) is 0 Å². The molecule has 0 amide bonds. The third-order valence-corrected chi connectivity index (χ3v) is 4.91. The second kappa shape index (κ2) is 5.35. The first kappa shape index (κ1) is 11.5. The summed E-state index contributed by atoms with van der Waals surface area (Å²) in [5.74, 6) is 1.92. The van der Waals surface area contributed by atoms with Gasteiger partial charge >= 0.3 is 0 Å². The van der Waals surface area contributed by atoms with E-state index in [4.69, 9.17) is 0 Å². The summed E-state index contributed by atoms with van der Waals surface area (Å²) in [5.41, 5.74) is 0. The number of hydrogen-bond donors (Lipinski definition) is 1. The lowest BCUT2D eigenvalue weighted by atomic mass is 10.2. The van der Waals surface area contributed by atoms with Gasteiger partial charge in [0.05, 0.1) is 6.04 Å². The first-order valence-corrected chi connectivity index (χ1v) is 7.53. The largest absolute Gasteiger partial charge is 0.316 e. The van der Waals surface area contributed by atoms with Crippen LogP contribution in [0.1, 0.15) is 38.1 Å². The SMILES string of the molecule is C1CCC(n2nnnc2SCC2CCNC2)C1. The van der Waals surface area contributed by atoms with Gasteiger partial charge < -0.3 is 5.32 Å². The van der Waals surface area contributed by atoms with Crippen molar-refractivity contribution in [2.45, 2.75) is 43.3 Å². The summed E-state index contributed by atoms with van der Waals surface area (Å²) in [7, 11) is 0. The summed E-state index contributed by atoms with van der Waals surface area (Å²) in [6.45, 7) is 2.32. The molecule has 0 radical (unpaired) electrons. The zero-order valence-electron chi connectivity index (χ0n) is 10.0. The molecular formula is C11H19N5S. The quantitative estimate of drug-likeness (QED) is 0.824. The van der Waals surface area contributed by atoms with Crippen molar-refractivity contribution < 1.29 is 0 Å². The summed E-state index contributed by atoms with van der Waals surface area (Å²) in [4.78, 5) is 0. The Kier molecular flexibility index (Phi) is 3.61. The third-order valence-electron chi connectivity index (χ3n) is 3.74. The highest BCUT2D eigenvalue weighted by Crippen LogP contribution is 2.32. The van der Waals surface area contributed by atoms with Crippen molar-refractivity contribution in [2.75, 3.05) is 18.8 Å². The highest BCUT2D eigenvalue weighted by atomic mass is 32.2. The Hall–Kier alpha value is -0.620. The van der Waals surface area contributed by atoms with Crippen LogP contribution in [0.2, 0.25) is 0 Å². The van der Waals surface area contributed by atoms with E-state index in [1.807, 2.05) is 11.8 Å². The molecule has 1 saturated carbocycles. The molecule has 0 bridgehead atoms. The first-order valence-electron chi connectivity index (χ1n) is 6.55. The van der Waals surface area contributed by atoms with Crippen molar-refractivity contribution >= 4 is 11.8 Å². The highest BCUT2D eigenvalue weighted by Gasteiger charge is 2.22. The lowest BCUT2D eigenvalue weighted by Gasteiger charge is -2.12. The van der Waals surface area contributed by atoms with Crippen LogP contribution >= 0.6 is 11.8 Å². The van der Waals surface area contributed by atoms with Crippen LogP contribution in [-0.4, -0.2) is 39.0 Å². The molecule has 2 heterocycles. The first-order chi connectivity index (χ1) is 8.43. The van der Waals surface area contributed by atoms with Crippen molar-refractivity contribution in [1.29, 1.82) is 0 Å². The highest BCUT2D eigenvalue weighted by molar-refractivity contribution is 7.99. The fraction of sp³-hybridized carbons (Fsp3) is 0.909. The van der Waals surface area contributed by atoms with Crippen molar-refractivity contribution in [3.63, 3.8) is 0 Å². The Balaban J connectivity index is 1.60. The number of thioether (sulfide) groups is 1. The number of tetrazole rings is 1. The molecule has 1 atom stereocenters. The number of rotatable bonds is 4. The fourth-order valence-corrected chi connectivity index (χ4v) is 3.79. The van der Waals surface area contributed by atoms with Crippen LogP contribution in [0, 0.1) is 5.92 Å². The van der Waals surface area contributed by atoms with Gasteiger partial charge in [0.2, 0.25) is 5.16 Å². The van der Waals surface area contributed by atoms with Crippen molar-refractivity contribution in [3.8, 4) is 0 Å². The van der Waals surface area contributed by atoms with E-state index in [2.05, 4.69) is 25.5 Å². The topological polar surface area (TPSA) is 55.6 Å². The molecule has 1 N–H and O–H groups in total. The summed E-state index contributed by atoms with van der Waals surface area (Å²) in [5, 5.41) is 16.6. The normalized spacial score (nSPS) is 25.8. The van der Waals surface area contributed by atoms with Gasteiger partial charge in [0.25, 0.3) is 0 Å². The van der Waals surface area contributed by atoms with E-state index >= 15 is 0 Å². The Morgan fingerprint density at radius 2 is 2.18 bits per heavy atom. The predicted molar refractivity (Wildman–Crippen MR) is 67.0 cm³/mol. The molecule has 2 aliphatic rings. The van der Waals surface area contributed by atoms with Crippen LogP contribution in [0.5, 0.6) is 0 Å². The lowest BCUT2D eigenvalue weighted by Crippen LogP contribution is -2.12. The van der Waals surface area contributed by atoms with E-state index < -0.39 is 0 Å². The molecule has 17 heavy (non-hydrogen) atoms. The molecule has 1 unspecified atom stereocenters. The molecule has 6 heteroatoms. The molecule has 5 nitrogen and oxygen atoms in total. The minimum absolute atomic E-state index is 0.550. The molecule has 1 aromatic rings. The molecule has 1 aliphatic heterocycles. The maximum atomic E-state index is 4.17. The second-order valence-electron chi connectivity index (χ2n) is 5.01. The third kappa shape index (κ3) is 2.63. The monoisotopic (exact) mass is 253 g/mol. The zero-order chi connectivity index (χ0) is 11.5. The van der Waals surface area contributed by atoms with E-state index in [0.717, 1.165) is 23.4 Å². The molecule has 94 valence electrons. The fourth-order valence-electron chi connectivity index (χ4n) is 2.71. The number of nitrogens with one attached hydrogen (secondary N) is 1. The van der Waals surface area contributed by atoms with Crippen LogP contribution in [0.3, 0.4) is 0 Å². The average molecular weight is 253 g/mol. The van der Waals surface area contributed by atoms with E-state index in [0.29, 0.717) is 6.04 Å². The smallest absolute Gasteiger partial charge is 0.209 e. The van der Waals surface area contributed by atoms with E-state index in [1.165, 1.54) is 38.6 Å². The van der Waals surface area contributed by atoms with Crippen LogP contribution in [0.15, 0.2) is 5.16 Å². The summed E-state index contributed by atoms with van der Waals surface area (Å²) >= 11 is 1.82. The Morgan fingerprint density at radius 1 is 1.29 bits per heavy atom. The predicted octanol–water partition coefficient (Wildman–Crippen LogP) is 1.49. The Morgan fingerprint density at radius 3 is 2.94 bits per heavy atom. The van der Waals surface area contributed by atoms with Gasteiger partial charge in [-0.05, 0) is 48.7 Å². The molecule has 1 saturated heterocycles. The van der Waals surface area contributed by atoms with Crippen LogP contribution in [-0.2, 0) is 0 Å². The molecular weight excluding hydrogens is 234 g/mol. The number of aromatic nitrogens is 4. The van der Waals surface area contributed by atoms with E-state index in [9.17, 15) is 0 Å². The summed E-state index contributed by atoms with van der Waals surface area (Å²) in [6, 6.07) is 0.550. The Bertz CT molecular complexity index is 354. The van der Waals surface area contributed by atoms with Gasteiger partial charge in [-0.15, -0.1) is 5.10 Å². The molecule has 2 fully saturated rings. The van der Waals surface area contributed by atoms with Gasteiger partial charge in [0.15, 0.2) is 0 Å². The Labute approximate surface area is 106 Å². The van der Waals surface area contributed by atoms with Crippen LogP contribution < -0.4 is 5.32 Å². The van der Waals surface area contributed by atoms with E-state index in [-0.39, 0.29) is 0 Å². The van der Waals surface area contributed by atoms with Crippen LogP contribution in [0.25, 0.3) is 0 Å². The molecule has 0 spiro atoms. The standard InChI is InChI=1S/C11H19N5S/c1-2-4-10(3-1)16-11(13-14-15-16)17-8-9-5-6-12-7-9/h9-10,12H,1-8H2. The minimum atomic E-state index is 0.550. The number of hydrogen-bond acceptors (Lipinski definition) is 5. The zero-order valence-corrected chi connectivity index (χ0v) is 10.8. The van der Waals surface area contributed by atoms with Crippen molar-refractivity contribution in [3.05, 3.63) is 0 Å². The summed E-state index contributed by atoms with van der Waals surface area (Å²) in [6.07, 6.45) is 6.41. The minimum Gasteiger partial charge on any atom is -0.316 e. The van der Waals surface area contributed by atoms with Crippen molar-refractivity contribution in [2.24, 2.45) is 5.92 Å². The average Bonchev–Trinajstić information content (AvgIpc) is 3.09. The van der Waals surface area contributed by atoms with Gasteiger partial charge in [-0.1, -0.05) is 24.6 Å². The maximum absolute atomic E-state index is 4.17. The van der Waals surface area contributed by atoms with Gasteiger partial charge in [0.1, 0.15) is 0 Å². The lowest BCUT2D eigenvalue weighted by molar-refractivity contribution is 0.422. The van der Waals surface area contributed by atoms with Crippen LogP contribution in [0.4, 0.5) is 0 Å². The van der Waals surface area contributed by atoms with Crippen molar-refractivity contribution in [1.82, 2.24) is 25.5 Å². The molecule has 1 aromatic heterocycles. The van der Waals surface area contributed by atoms with E-state index in [1.54, 1.807) is 0 Å². The van der Waals surface area contributed by atoms with Gasteiger partial charge in [-0.3, -0.25) is 0 Å².